The van der Waals surface area contributed by atoms with Gasteiger partial charge in [0.2, 0.25) is 0 Å². The zero-order chi connectivity index (χ0) is 12.3. The summed E-state index contributed by atoms with van der Waals surface area (Å²) in [6, 6.07) is 6.46. The SMILES string of the molecule is Fc1cc(Cl)c(NCc2ccncc2)c(Br)c1. The summed E-state index contributed by atoms with van der Waals surface area (Å²) in [6.45, 7) is 0.604. The van der Waals surface area contributed by atoms with Gasteiger partial charge in [0.05, 0.1) is 10.7 Å². The first kappa shape index (κ1) is 12.3. The van der Waals surface area contributed by atoms with Gasteiger partial charge in [-0.3, -0.25) is 4.98 Å². The molecule has 88 valence electrons. The van der Waals surface area contributed by atoms with Crippen molar-refractivity contribution in [1.29, 1.82) is 0 Å². The van der Waals surface area contributed by atoms with Gasteiger partial charge in [0.1, 0.15) is 5.82 Å². The fraction of sp³-hybridized carbons (Fsp3) is 0.0833. The first-order chi connectivity index (χ1) is 8.16. The van der Waals surface area contributed by atoms with E-state index in [1.165, 1.54) is 12.1 Å². The van der Waals surface area contributed by atoms with Crippen LogP contribution in [0.15, 0.2) is 41.1 Å². The molecule has 0 atom stereocenters. The van der Waals surface area contributed by atoms with Crippen LogP contribution in [0, 0.1) is 5.82 Å². The summed E-state index contributed by atoms with van der Waals surface area (Å²) in [5.74, 6) is -0.365. The van der Waals surface area contributed by atoms with E-state index >= 15 is 0 Å². The number of aromatic nitrogens is 1. The lowest BCUT2D eigenvalue weighted by atomic mass is 10.2. The van der Waals surface area contributed by atoms with Crippen LogP contribution in [0.5, 0.6) is 0 Å². The third-order valence-electron chi connectivity index (χ3n) is 2.23. The maximum atomic E-state index is 13.0. The molecule has 5 heteroatoms. The van der Waals surface area contributed by atoms with Crippen LogP contribution in [-0.2, 0) is 6.54 Å². The van der Waals surface area contributed by atoms with E-state index in [4.69, 9.17) is 11.6 Å². The van der Waals surface area contributed by atoms with Crippen molar-refractivity contribution in [2.24, 2.45) is 0 Å². The summed E-state index contributed by atoms with van der Waals surface area (Å²) < 4.78 is 13.6. The minimum Gasteiger partial charge on any atom is -0.379 e. The summed E-state index contributed by atoms with van der Waals surface area (Å²) in [5.41, 5.74) is 1.76. The number of hydrogen-bond donors (Lipinski definition) is 1. The maximum Gasteiger partial charge on any atom is 0.125 e. The number of benzene rings is 1. The fourth-order valence-corrected chi connectivity index (χ4v) is 2.36. The van der Waals surface area contributed by atoms with E-state index in [1.807, 2.05) is 12.1 Å². The second-order valence-corrected chi connectivity index (χ2v) is 4.71. The molecule has 0 radical (unpaired) electrons. The van der Waals surface area contributed by atoms with Crippen molar-refractivity contribution in [3.63, 3.8) is 0 Å². The van der Waals surface area contributed by atoms with E-state index in [0.29, 0.717) is 21.7 Å². The molecule has 2 aromatic rings. The van der Waals surface area contributed by atoms with Gasteiger partial charge in [0.15, 0.2) is 0 Å². The first-order valence-electron chi connectivity index (χ1n) is 4.94. The molecular formula is C12H9BrClFN2. The third kappa shape index (κ3) is 3.17. The van der Waals surface area contributed by atoms with E-state index < -0.39 is 0 Å². The minimum absolute atomic E-state index is 0.353. The summed E-state index contributed by atoms with van der Waals surface area (Å²) >= 11 is 9.23. The average Bonchev–Trinajstić information content (AvgIpc) is 2.29. The van der Waals surface area contributed by atoms with E-state index in [1.54, 1.807) is 12.4 Å². The average molecular weight is 316 g/mol. The summed E-state index contributed by atoms with van der Waals surface area (Å²) in [6.07, 6.45) is 3.44. The van der Waals surface area contributed by atoms with E-state index in [-0.39, 0.29) is 5.82 Å². The monoisotopic (exact) mass is 314 g/mol. The summed E-state index contributed by atoms with van der Waals surface area (Å²) in [4.78, 5) is 3.93. The van der Waals surface area contributed by atoms with Crippen molar-refractivity contribution in [3.8, 4) is 0 Å². The number of nitrogens with zero attached hydrogens (tertiary/aromatic N) is 1. The standard InChI is InChI=1S/C12H9BrClFN2/c13-10-5-9(15)6-11(14)12(10)17-7-8-1-3-16-4-2-8/h1-6,17H,7H2. The number of pyridine rings is 1. The van der Waals surface area contributed by atoms with Crippen molar-refractivity contribution in [2.45, 2.75) is 6.54 Å². The highest BCUT2D eigenvalue weighted by molar-refractivity contribution is 9.10. The Hall–Kier alpha value is -1.13. The number of anilines is 1. The van der Waals surface area contributed by atoms with Gasteiger partial charge in [0.25, 0.3) is 0 Å². The predicted octanol–water partition coefficient (Wildman–Crippen LogP) is 4.25. The molecule has 0 fully saturated rings. The maximum absolute atomic E-state index is 13.0. The van der Waals surface area contributed by atoms with Crippen LogP contribution in [0.4, 0.5) is 10.1 Å². The van der Waals surface area contributed by atoms with Crippen LogP contribution >= 0.6 is 27.5 Å². The zero-order valence-electron chi connectivity index (χ0n) is 8.75. The van der Waals surface area contributed by atoms with E-state index in [9.17, 15) is 4.39 Å². The normalized spacial score (nSPS) is 10.3. The largest absolute Gasteiger partial charge is 0.379 e. The van der Waals surface area contributed by atoms with Gasteiger partial charge >= 0.3 is 0 Å². The molecule has 17 heavy (non-hydrogen) atoms. The number of nitrogens with one attached hydrogen (secondary N) is 1. The van der Waals surface area contributed by atoms with Gasteiger partial charge in [-0.1, -0.05) is 11.6 Å². The molecule has 0 spiro atoms. The third-order valence-corrected chi connectivity index (χ3v) is 3.15. The van der Waals surface area contributed by atoms with Gasteiger partial charge in [-0.2, -0.15) is 0 Å². The molecule has 0 aliphatic carbocycles. The molecule has 1 heterocycles. The Balaban J connectivity index is 2.15. The Morgan fingerprint density at radius 3 is 2.65 bits per heavy atom. The molecule has 1 aromatic carbocycles. The Bertz CT molecular complexity index is 496. The van der Waals surface area contributed by atoms with Gasteiger partial charge in [0, 0.05) is 23.4 Å². The minimum atomic E-state index is -0.365. The predicted molar refractivity (Wildman–Crippen MR) is 70.7 cm³/mol. The number of hydrogen-bond acceptors (Lipinski definition) is 2. The summed E-state index contributed by atoms with van der Waals surface area (Å²) in [7, 11) is 0. The quantitative estimate of drug-likeness (QED) is 0.916. The Morgan fingerprint density at radius 2 is 2.00 bits per heavy atom. The Kier molecular flexibility index (Phi) is 3.97. The van der Waals surface area contributed by atoms with Crippen molar-refractivity contribution in [3.05, 3.63) is 57.5 Å². The molecular weight excluding hydrogens is 307 g/mol. The molecule has 0 aliphatic heterocycles. The second kappa shape index (κ2) is 5.47. The van der Waals surface area contributed by atoms with Crippen LogP contribution in [0.2, 0.25) is 5.02 Å². The smallest absolute Gasteiger partial charge is 0.125 e. The highest BCUT2D eigenvalue weighted by atomic mass is 79.9. The fourth-order valence-electron chi connectivity index (χ4n) is 1.40. The van der Waals surface area contributed by atoms with Crippen LogP contribution in [-0.4, -0.2) is 4.98 Å². The lowest BCUT2D eigenvalue weighted by molar-refractivity contribution is 0.627. The lowest BCUT2D eigenvalue weighted by Crippen LogP contribution is -2.01. The molecule has 1 aromatic heterocycles. The number of halogens is 3. The first-order valence-corrected chi connectivity index (χ1v) is 6.11. The van der Waals surface area contributed by atoms with Gasteiger partial charge < -0.3 is 5.32 Å². The van der Waals surface area contributed by atoms with Crippen LogP contribution in [0.3, 0.4) is 0 Å². The zero-order valence-corrected chi connectivity index (χ0v) is 11.1. The highest BCUT2D eigenvalue weighted by Gasteiger charge is 2.07. The summed E-state index contributed by atoms with van der Waals surface area (Å²) in [5, 5.41) is 3.50. The van der Waals surface area contributed by atoms with Crippen LogP contribution in [0.1, 0.15) is 5.56 Å². The highest BCUT2D eigenvalue weighted by Crippen LogP contribution is 2.31. The van der Waals surface area contributed by atoms with Gasteiger partial charge in [-0.25, -0.2) is 4.39 Å². The van der Waals surface area contributed by atoms with Gasteiger partial charge in [-0.05, 0) is 45.8 Å². The Labute approximate surface area is 112 Å². The van der Waals surface area contributed by atoms with Crippen molar-refractivity contribution >= 4 is 33.2 Å². The molecule has 0 bridgehead atoms. The molecule has 0 saturated carbocycles. The Morgan fingerprint density at radius 1 is 1.29 bits per heavy atom. The molecule has 0 saturated heterocycles. The van der Waals surface area contributed by atoms with E-state index in [0.717, 1.165) is 5.56 Å². The molecule has 2 rings (SSSR count). The molecule has 0 unspecified atom stereocenters. The van der Waals surface area contributed by atoms with Crippen LogP contribution in [0.25, 0.3) is 0 Å². The van der Waals surface area contributed by atoms with Gasteiger partial charge in [-0.15, -0.1) is 0 Å². The molecule has 1 N–H and O–H groups in total. The lowest BCUT2D eigenvalue weighted by Gasteiger charge is -2.10. The van der Waals surface area contributed by atoms with E-state index in [2.05, 4.69) is 26.2 Å². The van der Waals surface area contributed by atoms with Crippen LogP contribution < -0.4 is 5.32 Å². The van der Waals surface area contributed by atoms with Crippen molar-refractivity contribution in [2.75, 3.05) is 5.32 Å². The molecule has 2 nitrogen and oxygen atoms in total. The van der Waals surface area contributed by atoms with Crippen molar-refractivity contribution < 1.29 is 4.39 Å². The molecule has 0 aliphatic rings. The van der Waals surface area contributed by atoms with Crippen molar-refractivity contribution in [1.82, 2.24) is 4.98 Å². The topological polar surface area (TPSA) is 24.9 Å². The second-order valence-electron chi connectivity index (χ2n) is 3.45. The molecule has 0 amide bonds. The number of rotatable bonds is 3.